The first-order chi connectivity index (χ1) is 17.7. The van der Waals surface area contributed by atoms with Crippen LogP contribution < -0.4 is 0 Å². The first-order valence-electron chi connectivity index (χ1n) is 14.1. The molecule has 0 bridgehead atoms. The van der Waals surface area contributed by atoms with E-state index < -0.39 is 0 Å². The van der Waals surface area contributed by atoms with Crippen molar-refractivity contribution in [2.24, 2.45) is 0 Å². The molecule has 0 saturated carbocycles. The number of rotatable bonds is 9. The van der Waals surface area contributed by atoms with Crippen molar-refractivity contribution in [3.05, 3.63) is 0 Å². The van der Waals surface area contributed by atoms with Gasteiger partial charge in [-0.2, -0.15) is 0 Å². The number of hydrogen-bond acceptors (Lipinski definition) is 9. The van der Waals surface area contributed by atoms with Gasteiger partial charge in [0.15, 0.2) is 0 Å². The maximum Gasteiger partial charge on any atom is 0.302 e. The third-order valence-electron chi connectivity index (χ3n) is 2.68. The lowest BCUT2D eigenvalue weighted by atomic mass is 10.4. The Morgan fingerprint density at radius 1 is 0.385 bits per heavy atom. The molecule has 39 heavy (non-hydrogen) atoms. The van der Waals surface area contributed by atoms with Gasteiger partial charge in [0.05, 0.1) is 56.4 Å². The van der Waals surface area contributed by atoms with E-state index >= 15 is 0 Å². The second-order valence-corrected chi connectivity index (χ2v) is 9.47. The van der Waals surface area contributed by atoms with Gasteiger partial charge in [-0.25, -0.2) is 0 Å². The molecule has 0 aliphatic carbocycles. The maximum atomic E-state index is 9.82. The van der Waals surface area contributed by atoms with Crippen molar-refractivity contribution in [1.82, 2.24) is 0 Å². The average Bonchev–Trinajstić information content (AvgIpc) is 2.66. The Labute approximate surface area is 242 Å². The fourth-order valence-electron chi connectivity index (χ4n) is 2.24. The fraction of sp³-hybridized carbons (Fsp3) is 0.900. The SMILES string of the molecule is CC(C)OC(C)C.CC(C)OC(C)C.CC(C)OC(C)C.CCOC(C)=O.CCOC(C)=O.CCOC(C)=O. The predicted molar refractivity (Wildman–Crippen MR) is 161 cm³/mol. The molecule has 0 amide bonds. The minimum Gasteiger partial charge on any atom is -0.466 e. The summed E-state index contributed by atoms with van der Waals surface area (Å²) in [5, 5.41) is 0. The van der Waals surface area contributed by atoms with Gasteiger partial charge in [-0.05, 0) is 104 Å². The molecule has 0 radical (unpaired) electrons. The van der Waals surface area contributed by atoms with E-state index in [2.05, 4.69) is 14.2 Å². The van der Waals surface area contributed by atoms with Crippen LogP contribution in [0.3, 0.4) is 0 Å². The van der Waals surface area contributed by atoms with Gasteiger partial charge < -0.3 is 28.4 Å². The van der Waals surface area contributed by atoms with Gasteiger partial charge in [0, 0.05) is 20.8 Å². The Bertz CT molecular complexity index is 411. The summed E-state index contributed by atoms with van der Waals surface area (Å²) in [7, 11) is 0. The lowest BCUT2D eigenvalue weighted by molar-refractivity contribution is -0.141. The second-order valence-electron chi connectivity index (χ2n) is 9.47. The van der Waals surface area contributed by atoms with Crippen molar-refractivity contribution in [3.8, 4) is 0 Å². The van der Waals surface area contributed by atoms with Crippen LogP contribution in [0.4, 0.5) is 0 Å². The van der Waals surface area contributed by atoms with Crippen LogP contribution >= 0.6 is 0 Å². The fourth-order valence-corrected chi connectivity index (χ4v) is 2.24. The lowest BCUT2D eigenvalue weighted by Gasteiger charge is -2.09. The van der Waals surface area contributed by atoms with Crippen LogP contribution in [0, 0.1) is 0 Å². The molecule has 0 spiro atoms. The van der Waals surface area contributed by atoms with Gasteiger partial charge in [0.2, 0.25) is 0 Å². The van der Waals surface area contributed by atoms with E-state index in [4.69, 9.17) is 14.2 Å². The Hall–Kier alpha value is -1.71. The molecule has 0 fully saturated rings. The lowest BCUT2D eigenvalue weighted by Crippen LogP contribution is -2.09. The number of ether oxygens (including phenoxy) is 6. The van der Waals surface area contributed by atoms with Crippen LogP contribution in [0.15, 0.2) is 0 Å². The van der Waals surface area contributed by atoms with Gasteiger partial charge in [-0.15, -0.1) is 0 Å². The Morgan fingerprint density at radius 3 is 0.513 bits per heavy atom. The van der Waals surface area contributed by atoms with E-state index in [1.54, 1.807) is 20.8 Å². The van der Waals surface area contributed by atoms with Crippen LogP contribution in [0.25, 0.3) is 0 Å². The van der Waals surface area contributed by atoms with Crippen molar-refractivity contribution in [1.29, 1.82) is 0 Å². The van der Waals surface area contributed by atoms with E-state index in [1.165, 1.54) is 20.8 Å². The summed E-state index contributed by atoms with van der Waals surface area (Å²) >= 11 is 0. The molecule has 0 unspecified atom stereocenters. The third-order valence-corrected chi connectivity index (χ3v) is 2.68. The molecule has 0 heterocycles. The molecule has 0 aromatic rings. The van der Waals surface area contributed by atoms with Crippen LogP contribution in [0.2, 0.25) is 0 Å². The van der Waals surface area contributed by atoms with E-state index in [1.807, 2.05) is 83.1 Å². The van der Waals surface area contributed by atoms with Crippen molar-refractivity contribution in [3.63, 3.8) is 0 Å². The predicted octanol–water partition coefficient (Wildman–Crippen LogP) is 7.17. The van der Waals surface area contributed by atoms with Crippen LogP contribution in [-0.2, 0) is 42.8 Å². The molecule has 9 nitrogen and oxygen atoms in total. The van der Waals surface area contributed by atoms with Crippen molar-refractivity contribution in [2.45, 2.75) is 161 Å². The van der Waals surface area contributed by atoms with E-state index in [0.717, 1.165) is 0 Å². The van der Waals surface area contributed by atoms with E-state index in [9.17, 15) is 14.4 Å². The first kappa shape index (κ1) is 50.2. The third kappa shape index (κ3) is 115. The molecule has 0 aliphatic heterocycles. The van der Waals surface area contributed by atoms with E-state index in [-0.39, 0.29) is 17.9 Å². The molecule has 0 N–H and O–H groups in total. The molecule has 0 aromatic heterocycles. The van der Waals surface area contributed by atoms with Gasteiger partial charge in [-0.1, -0.05) is 0 Å². The molecule has 0 saturated heterocycles. The maximum absolute atomic E-state index is 9.82. The van der Waals surface area contributed by atoms with Gasteiger partial charge in [-0.3, -0.25) is 14.4 Å². The molecule has 0 aromatic carbocycles. The molecule has 240 valence electrons. The summed E-state index contributed by atoms with van der Waals surface area (Å²) in [6.07, 6.45) is 2.25. The zero-order valence-corrected chi connectivity index (χ0v) is 28.8. The minimum atomic E-state index is -0.211. The van der Waals surface area contributed by atoms with Crippen LogP contribution in [0.5, 0.6) is 0 Å². The monoisotopic (exact) mass is 570 g/mol. The minimum absolute atomic E-state index is 0.211. The number of hydrogen-bond donors (Lipinski definition) is 0. The number of carbonyl (C=O) groups excluding carboxylic acids is 3. The topological polar surface area (TPSA) is 107 Å². The zero-order valence-electron chi connectivity index (χ0n) is 28.8. The molecular weight excluding hydrogens is 504 g/mol. The standard InChI is InChI=1S/3C6H14O.3C4H8O2/c3*1-5(2)7-6(3)4;3*1-3-6-4(2)5/h3*5-6H,1-4H3;3*3H2,1-2H3. The highest BCUT2D eigenvalue weighted by molar-refractivity contribution is 5.66. The van der Waals surface area contributed by atoms with Crippen LogP contribution in [0.1, 0.15) is 125 Å². The highest BCUT2D eigenvalue weighted by atomic mass is 16.5. The normalized spacial score (nSPS) is 9.54. The Morgan fingerprint density at radius 2 is 0.513 bits per heavy atom. The zero-order chi connectivity index (χ0) is 32.6. The second kappa shape index (κ2) is 38.4. The largest absolute Gasteiger partial charge is 0.466 e. The summed E-state index contributed by atoms with van der Waals surface area (Å²) in [6, 6.07) is 0. The Kier molecular flexibility index (Phi) is 49.4. The molecule has 0 atom stereocenters. The Balaban J connectivity index is -0.0000000839. The quantitative estimate of drug-likeness (QED) is 0.211. The smallest absolute Gasteiger partial charge is 0.302 e. The number of carbonyl (C=O) groups is 3. The van der Waals surface area contributed by atoms with Crippen LogP contribution in [-0.4, -0.2) is 74.4 Å². The van der Waals surface area contributed by atoms with Crippen molar-refractivity contribution < 1.29 is 42.8 Å². The molecule has 0 rings (SSSR count). The summed E-state index contributed by atoms with van der Waals surface area (Å²) in [4.78, 5) is 29.5. The highest BCUT2D eigenvalue weighted by Crippen LogP contribution is 1.94. The molecule has 0 aliphatic rings. The average molecular weight is 571 g/mol. The summed E-state index contributed by atoms with van der Waals surface area (Å²) in [6.45, 7) is 35.5. The van der Waals surface area contributed by atoms with Crippen molar-refractivity contribution >= 4 is 17.9 Å². The summed E-state index contributed by atoms with van der Waals surface area (Å²) in [5.74, 6) is -0.632. The van der Waals surface area contributed by atoms with Crippen molar-refractivity contribution in [2.75, 3.05) is 19.8 Å². The highest BCUT2D eigenvalue weighted by Gasteiger charge is 1.95. The van der Waals surface area contributed by atoms with Gasteiger partial charge >= 0.3 is 17.9 Å². The molecular formula is C30H66O9. The number of esters is 3. The van der Waals surface area contributed by atoms with Gasteiger partial charge in [0.25, 0.3) is 0 Å². The van der Waals surface area contributed by atoms with Gasteiger partial charge in [0.1, 0.15) is 0 Å². The first-order valence-corrected chi connectivity index (χ1v) is 14.1. The summed E-state index contributed by atoms with van der Waals surface area (Å²) < 4.78 is 29.0. The molecule has 9 heteroatoms. The van der Waals surface area contributed by atoms with E-state index in [0.29, 0.717) is 56.4 Å². The summed E-state index contributed by atoms with van der Waals surface area (Å²) in [5.41, 5.74) is 0.